The fourth-order valence-corrected chi connectivity index (χ4v) is 2.32. The first-order valence-corrected chi connectivity index (χ1v) is 5.53. The van der Waals surface area contributed by atoms with Crippen LogP contribution in [0.2, 0.25) is 0 Å². The molecule has 0 atom stereocenters. The van der Waals surface area contributed by atoms with Crippen LogP contribution in [0.5, 0.6) is 5.75 Å². The largest absolute Gasteiger partial charge is 0.495 e. The first-order chi connectivity index (χ1) is 9.06. The van der Waals surface area contributed by atoms with Crippen LogP contribution in [0.15, 0.2) is 24.3 Å². The number of hydrogen-bond acceptors (Lipinski definition) is 5. The van der Waals surface area contributed by atoms with E-state index in [4.69, 9.17) is 10.5 Å². The molecule has 2 amide bonds. The maximum absolute atomic E-state index is 12.0. The molecule has 0 fully saturated rings. The summed E-state index contributed by atoms with van der Waals surface area (Å²) in [7, 11) is 1.43. The van der Waals surface area contributed by atoms with E-state index >= 15 is 0 Å². The van der Waals surface area contributed by atoms with E-state index < -0.39 is 11.8 Å². The minimum Gasteiger partial charge on any atom is -0.495 e. The molecule has 96 valence electrons. The summed E-state index contributed by atoms with van der Waals surface area (Å²) in [5.74, 6) is -1.21. The number of imide groups is 1. The van der Waals surface area contributed by atoms with Gasteiger partial charge >= 0.3 is 0 Å². The summed E-state index contributed by atoms with van der Waals surface area (Å²) in [5.41, 5.74) is 6.74. The van der Waals surface area contributed by atoms with Crippen molar-refractivity contribution < 1.29 is 19.5 Å². The van der Waals surface area contributed by atoms with E-state index in [1.54, 1.807) is 12.1 Å². The Bertz CT molecular complexity index is 739. The molecule has 0 saturated heterocycles. The second kappa shape index (κ2) is 3.69. The molecule has 19 heavy (non-hydrogen) atoms. The highest BCUT2D eigenvalue weighted by Crippen LogP contribution is 2.38. The zero-order valence-electron chi connectivity index (χ0n) is 10.0. The highest BCUT2D eigenvalue weighted by molar-refractivity contribution is 6.26. The van der Waals surface area contributed by atoms with Gasteiger partial charge in [-0.1, -0.05) is 12.1 Å². The molecule has 2 aromatic carbocycles. The van der Waals surface area contributed by atoms with Crippen LogP contribution < -0.4 is 10.5 Å². The van der Waals surface area contributed by atoms with Gasteiger partial charge in [-0.25, -0.2) is 0 Å². The number of amides is 2. The van der Waals surface area contributed by atoms with Crippen LogP contribution in [0, 0.1) is 0 Å². The Labute approximate surface area is 107 Å². The van der Waals surface area contributed by atoms with Crippen molar-refractivity contribution in [1.29, 1.82) is 0 Å². The summed E-state index contributed by atoms with van der Waals surface area (Å²) in [5, 5.41) is 10.6. The van der Waals surface area contributed by atoms with Crippen LogP contribution in [0.4, 0.5) is 5.69 Å². The molecule has 1 aliphatic heterocycles. The van der Waals surface area contributed by atoms with Crippen molar-refractivity contribution in [3.8, 4) is 5.75 Å². The lowest BCUT2D eigenvalue weighted by molar-refractivity contribution is -0.0377. The SMILES string of the molecule is COc1cc2c3c(cccc3c1N)C(=O)N(O)C2=O. The highest BCUT2D eigenvalue weighted by atomic mass is 16.5. The number of rotatable bonds is 1. The molecule has 0 bridgehead atoms. The van der Waals surface area contributed by atoms with Crippen molar-refractivity contribution in [3.05, 3.63) is 35.4 Å². The first-order valence-electron chi connectivity index (χ1n) is 5.53. The van der Waals surface area contributed by atoms with Gasteiger partial charge in [-0.05, 0) is 12.1 Å². The van der Waals surface area contributed by atoms with E-state index in [2.05, 4.69) is 0 Å². The number of hydroxylamine groups is 2. The fourth-order valence-electron chi connectivity index (χ4n) is 2.32. The van der Waals surface area contributed by atoms with Gasteiger partial charge in [0.15, 0.2) is 0 Å². The quantitative estimate of drug-likeness (QED) is 0.458. The molecule has 3 N–H and O–H groups in total. The maximum Gasteiger partial charge on any atom is 0.285 e. The van der Waals surface area contributed by atoms with Crippen LogP contribution in [0.1, 0.15) is 20.7 Å². The summed E-state index contributed by atoms with van der Waals surface area (Å²) in [6.45, 7) is 0. The monoisotopic (exact) mass is 258 g/mol. The van der Waals surface area contributed by atoms with Crippen molar-refractivity contribution in [2.45, 2.75) is 0 Å². The van der Waals surface area contributed by atoms with Crippen molar-refractivity contribution in [1.82, 2.24) is 5.06 Å². The van der Waals surface area contributed by atoms with Gasteiger partial charge in [0.25, 0.3) is 11.8 Å². The molecule has 0 spiro atoms. The molecule has 1 aliphatic rings. The Morgan fingerprint density at radius 2 is 1.89 bits per heavy atom. The molecule has 0 aliphatic carbocycles. The van der Waals surface area contributed by atoms with Crippen molar-refractivity contribution >= 4 is 28.3 Å². The Kier molecular flexibility index (Phi) is 2.23. The molecule has 2 aromatic rings. The summed E-state index contributed by atoms with van der Waals surface area (Å²) in [4.78, 5) is 23.8. The Balaban J connectivity index is 2.52. The van der Waals surface area contributed by atoms with Crippen LogP contribution in [-0.4, -0.2) is 29.2 Å². The van der Waals surface area contributed by atoms with E-state index in [-0.39, 0.29) is 16.2 Å². The third-order valence-electron chi connectivity index (χ3n) is 3.23. The highest BCUT2D eigenvalue weighted by Gasteiger charge is 2.33. The molecular weight excluding hydrogens is 248 g/mol. The maximum atomic E-state index is 12.0. The number of carbonyl (C=O) groups is 2. The van der Waals surface area contributed by atoms with Gasteiger partial charge in [0.05, 0.1) is 23.9 Å². The fraction of sp³-hybridized carbons (Fsp3) is 0.0769. The molecule has 6 heteroatoms. The second-order valence-corrected chi connectivity index (χ2v) is 4.19. The van der Waals surface area contributed by atoms with Crippen LogP contribution in [-0.2, 0) is 0 Å². The molecule has 0 aromatic heterocycles. The van der Waals surface area contributed by atoms with Gasteiger partial charge in [0.2, 0.25) is 0 Å². The van der Waals surface area contributed by atoms with Gasteiger partial charge in [-0.3, -0.25) is 14.8 Å². The van der Waals surface area contributed by atoms with E-state index in [1.807, 2.05) is 0 Å². The number of methoxy groups -OCH3 is 1. The minimum atomic E-state index is -0.785. The van der Waals surface area contributed by atoms with Gasteiger partial charge < -0.3 is 10.5 Å². The molecule has 1 heterocycles. The van der Waals surface area contributed by atoms with Gasteiger partial charge in [-0.2, -0.15) is 0 Å². The zero-order chi connectivity index (χ0) is 13.7. The average molecular weight is 258 g/mol. The summed E-state index contributed by atoms with van der Waals surface area (Å²) in [6.07, 6.45) is 0. The first kappa shape index (κ1) is 11.5. The predicted octanol–water partition coefficient (Wildman–Crippen LogP) is 1.42. The number of carbonyl (C=O) groups excluding carboxylic acids is 2. The lowest BCUT2D eigenvalue weighted by Crippen LogP contribution is -2.37. The van der Waals surface area contributed by atoms with E-state index in [9.17, 15) is 14.8 Å². The second-order valence-electron chi connectivity index (χ2n) is 4.19. The Morgan fingerprint density at radius 1 is 1.21 bits per heavy atom. The lowest BCUT2D eigenvalue weighted by Gasteiger charge is -2.23. The van der Waals surface area contributed by atoms with E-state index in [1.165, 1.54) is 19.2 Å². The van der Waals surface area contributed by atoms with E-state index in [0.717, 1.165) is 0 Å². The number of ether oxygens (including phenoxy) is 1. The summed E-state index contributed by atoms with van der Waals surface area (Å²) < 4.78 is 5.11. The summed E-state index contributed by atoms with van der Waals surface area (Å²) >= 11 is 0. The van der Waals surface area contributed by atoms with Gasteiger partial charge in [0, 0.05) is 10.8 Å². The standard InChI is InChI=1S/C13H10N2O4/c1-19-9-5-8-10-6(11(9)14)3-2-4-7(10)12(16)15(18)13(8)17/h2-5,18H,14H2,1H3. The number of nitrogens with two attached hydrogens (primary N) is 1. The topological polar surface area (TPSA) is 92.9 Å². The van der Waals surface area contributed by atoms with Crippen LogP contribution in [0.25, 0.3) is 10.8 Å². The van der Waals surface area contributed by atoms with Crippen molar-refractivity contribution in [2.75, 3.05) is 12.8 Å². The minimum absolute atomic E-state index is 0.104. The summed E-state index contributed by atoms with van der Waals surface area (Å²) in [6, 6.07) is 6.31. The number of anilines is 1. The molecular formula is C13H10N2O4. The van der Waals surface area contributed by atoms with Crippen molar-refractivity contribution in [3.63, 3.8) is 0 Å². The average Bonchev–Trinajstić information content (AvgIpc) is 2.44. The Hall–Kier alpha value is -2.60. The Morgan fingerprint density at radius 3 is 2.58 bits per heavy atom. The predicted molar refractivity (Wildman–Crippen MR) is 67.2 cm³/mol. The number of nitrogen functional groups attached to an aromatic ring is 1. The smallest absolute Gasteiger partial charge is 0.285 e. The van der Waals surface area contributed by atoms with E-state index in [0.29, 0.717) is 22.2 Å². The van der Waals surface area contributed by atoms with Gasteiger partial charge in [0.1, 0.15) is 5.75 Å². The van der Waals surface area contributed by atoms with Crippen molar-refractivity contribution in [2.24, 2.45) is 0 Å². The third kappa shape index (κ3) is 1.34. The van der Waals surface area contributed by atoms with Crippen LogP contribution in [0.3, 0.4) is 0 Å². The van der Waals surface area contributed by atoms with Crippen LogP contribution >= 0.6 is 0 Å². The molecule has 6 nitrogen and oxygen atoms in total. The number of benzene rings is 2. The molecule has 0 unspecified atom stereocenters. The molecule has 0 radical (unpaired) electrons. The number of hydrogen-bond donors (Lipinski definition) is 2. The zero-order valence-corrected chi connectivity index (χ0v) is 10.0. The molecule has 0 saturated carbocycles. The number of nitrogens with zero attached hydrogens (tertiary/aromatic N) is 1. The van der Waals surface area contributed by atoms with Gasteiger partial charge in [-0.15, -0.1) is 5.06 Å². The lowest BCUT2D eigenvalue weighted by atomic mass is 9.93. The molecule has 3 rings (SSSR count). The third-order valence-corrected chi connectivity index (χ3v) is 3.23. The normalized spacial score (nSPS) is 14.1.